The number of halogens is 1. The maximum atomic E-state index is 8.49. The lowest BCUT2D eigenvalue weighted by Crippen LogP contribution is -2.68. The summed E-state index contributed by atoms with van der Waals surface area (Å²) >= 11 is 0. The highest BCUT2D eigenvalue weighted by molar-refractivity contribution is 5.73. The van der Waals surface area contributed by atoms with Crippen molar-refractivity contribution in [3.8, 4) is 33.6 Å². The number of rotatable bonds is 10. The maximum absolute atomic E-state index is 8.49. The quantitative estimate of drug-likeness (QED) is 0.236. The van der Waals surface area contributed by atoms with Gasteiger partial charge < -0.3 is 0 Å². The van der Waals surface area contributed by atoms with E-state index in [4.69, 9.17) is 18.6 Å². The van der Waals surface area contributed by atoms with Crippen molar-refractivity contribution in [2.75, 3.05) is 0 Å². The average Bonchev–Trinajstić information content (AvgIpc) is 2.91. The monoisotopic (exact) mass is 519 g/mol. The maximum Gasteiger partial charge on any atom is 0.213 e. The van der Waals surface area contributed by atoms with E-state index in [1.165, 1.54) is 72.2 Å². The summed E-state index contributed by atoms with van der Waals surface area (Å²) < 4.78 is 36.5. The van der Waals surface area contributed by atoms with Crippen LogP contribution in [-0.4, -0.2) is 0 Å². The largest absolute Gasteiger partial charge is 0.222 e. The number of hydrogen-bond donors (Lipinski definition) is 0. The Bertz CT molecular complexity index is 1130. The van der Waals surface area contributed by atoms with E-state index in [0.29, 0.717) is 0 Å². The van der Waals surface area contributed by atoms with Crippen LogP contribution in [0.2, 0.25) is 0 Å². The zero-order valence-electron chi connectivity index (χ0n) is 21.2. The molecule has 0 aliphatic carbocycles. The Morgan fingerprint density at radius 2 is 0.892 bits per heavy atom. The molecule has 4 rings (SSSR count). The summed E-state index contributed by atoms with van der Waals surface area (Å²) in [6, 6.07) is 37.2. The number of aromatic nitrogens is 1. The molecular weight excluding hydrogens is 486 g/mol. The minimum atomic E-state index is -4.94. The first-order valence-electron chi connectivity index (χ1n) is 12.7. The molecule has 5 nitrogen and oxygen atoms in total. The van der Waals surface area contributed by atoms with Crippen LogP contribution in [0.4, 0.5) is 0 Å². The van der Waals surface area contributed by atoms with Crippen LogP contribution in [0.25, 0.3) is 33.6 Å². The van der Waals surface area contributed by atoms with Crippen LogP contribution in [0.5, 0.6) is 0 Å². The van der Waals surface area contributed by atoms with Crippen LogP contribution in [0.1, 0.15) is 45.4 Å². The Hall–Kier alpha value is -3.06. The minimum absolute atomic E-state index is 1.04. The van der Waals surface area contributed by atoms with Crippen molar-refractivity contribution in [2.45, 2.75) is 52.0 Å². The molecule has 0 unspecified atom stereocenters. The van der Waals surface area contributed by atoms with E-state index in [0.717, 1.165) is 6.54 Å². The summed E-state index contributed by atoms with van der Waals surface area (Å²) in [5, 5.41) is 0. The van der Waals surface area contributed by atoms with E-state index < -0.39 is 10.2 Å². The standard InChI is InChI=1S/C31H34N.ClHO4/c1-2-3-4-5-6-16-23-32-30(27-19-12-8-13-20-27)24-29(26-17-10-7-11-18-26)25-31(32)28-21-14-9-15-22-28;2-1(3,4)5/h7-15,17-22,24-25H,2-6,16,23H2,1H3;(H,2,3,4,5)/q+1;/p-1. The summed E-state index contributed by atoms with van der Waals surface area (Å²) in [6.45, 7) is 3.32. The van der Waals surface area contributed by atoms with Gasteiger partial charge in [-0.25, -0.2) is 18.6 Å². The van der Waals surface area contributed by atoms with Gasteiger partial charge >= 0.3 is 0 Å². The zero-order chi connectivity index (χ0) is 26.5. The molecule has 4 aromatic rings. The third-order valence-corrected chi connectivity index (χ3v) is 6.15. The Kier molecular flexibility index (Phi) is 11.3. The molecule has 6 heteroatoms. The highest BCUT2D eigenvalue weighted by Gasteiger charge is 2.22. The molecule has 0 fully saturated rings. The van der Waals surface area contributed by atoms with E-state index in [1.54, 1.807) is 0 Å². The van der Waals surface area contributed by atoms with Crippen LogP contribution in [0, 0.1) is 10.2 Å². The summed E-state index contributed by atoms with van der Waals surface area (Å²) in [6.07, 6.45) is 7.83. The molecule has 0 aliphatic rings. The molecule has 0 bridgehead atoms. The van der Waals surface area contributed by atoms with Crippen LogP contribution in [0.15, 0.2) is 103 Å². The smallest absolute Gasteiger partial charge is 0.213 e. The van der Waals surface area contributed by atoms with Gasteiger partial charge in [0.15, 0.2) is 0 Å². The molecule has 0 aliphatic heterocycles. The predicted molar refractivity (Wildman–Crippen MR) is 136 cm³/mol. The molecule has 0 spiro atoms. The number of unbranched alkanes of at least 4 members (excludes halogenated alkanes) is 5. The van der Waals surface area contributed by atoms with Crippen molar-refractivity contribution in [3.05, 3.63) is 103 Å². The van der Waals surface area contributed by atoms with Crippen LogP contribution in [-0.2, 0) is 6.54 Å². The molecular formula is C31H34ClNO4. The normalized spacial score (nSPS) is 11.1. The highest BCUT2D eigenvalue weighted by Crippen LogP contribution is 2.29. The SMILES string of the molecule is CCCCCCCC[n+]1c(-c2ccccc2)cc(-c2ccccc2)cc1-c1ccccc1.[O-][Cl+3]([O-])([O-])[O-]. The van der Waals surface area contributed by atoms with Crippen molar-refractivity contribution in [1.82, 2.24) is 0 Å². The summed E-state index contributed by atoms with van der Waals surface area (Å²) in [5.74, 6) is 0. The second kappa shape index (κ2) is 14.6. The molecule has 3 aromatic carbocycles. The minimum Gasteiger partial charge on any atom is -0.222 e. The van der Waals surface area contributed by atoms with Gasteiger partial charge in [0.2, 0.25) is 11.4 Å². The van der Waals surface area contributed by atoms with Gasteiger partial charge in [0.1, 0.15) is 6.54 Å². The van der Waals surface area contributed by atoms with Crippen molar-refractivity contribution in [3.63, 3.8) is 0 Å². The fourth-order valence-electron chi connectivity index (χ4n) is 4.41. The predicted octanol–water partition coefficient (Wildman–Crippen LogP) is 3.58. The lowest BCUT2D eigenvalue weighted by Gasteiger charge is -2.17. The Morgan fingerprint density at radius 3 is 1.32 bits per heavy atom. The fraction of sp³-hybridized carbons (Fsp3) is 0.258. The van der Waals surface area contributed by atoms with Gasteiger partial charge in [-0.2, -0.15) is 4.57 Å². The van der Waals surface area contributed by atoms with Crippen molar-refractivity contribution < 1.29 is 33.4 Å². The molecule has 37 heavy (non-hydrogen) atoms. The van der Waals surface area contributed by atoms with Gasteiger partial charge in [0, 0.05) is 29.7 Å². The molecule has 0 amide bonds. The molecule has 0 saturated heterocycles. The van der Waals surface area contributed by atoms with Gasteiger partial charge in [-0.1, -0.05) is 99.3 Å². The van der Waals surface area contributed by atoms with Gasteiger partial charge in [-0.15, -0.1) is 10.2 Å². The van der Waals surface area contributed by atoms with Crippen LogP contribution >= 0.6 is 0 Å². The number of pyridine rings is 1. The second-order valence-corrected chi connectivity index (χ2v) is 9.67. The molecule has 1 aromatic heterocycles. The first-order valence-corrected chi connectivity index (χ1v) is 14.0. The van der Waals surface area contributed by atoms with Crippen molar-refractivity contribution >= 4 is 0 Å². The Balaban J connectivity index is 0.000000695. The molecule has 1 heterocycles. The summed E-state index contributed by atoms with van der Waals surface area (Å²) in [4.78, 5) is 0. The summed E-state index contributed by atoms with van der Waals surface area (Å²) in [5.41, 5.74) is 7.65. The average molecular weight is 520 g/mol. The number of nitrogens with zero attached hydrogens (tertiary/aromatic N) is 1. The fourth-order valence-corrected chi connectivity index (χ4v) is 4.41. The molecule has 0 radical (unpaired) electrons. The van der Waals surface area contributed by atoms with Gasteiger partial charge in [0.05, 0.1) is 0 Å². The second-order valence-electron chi connectivity index (χ2n) is 8.91. The Morgan fingerprint density at radius 1 is 0.514 bits per heavy atom. The van der Waals surface area contributed by atoms with Gasteiger partial charge in [-0.05, 0) is 41.8 Å². The molecule has 0 N–H and O–H groups in total. The highest BCUT2D eigenvalue weighted by atomic mass is 35.7. The van der Waals surface area contributed by atoms with E-state index >= 15 is 0 Å². The van der Waals surface area contributed by atoms with Crippen molar-refractivity contribution in [2.24, 2.45) is 0 Å². The first-order chi connectivity index (χ1) is 17.9. The Labute approximate surface area is 222 Å². The van der Waals surface area contributed by atoms with Crippen LogP contribution < -0.4 is 23.2 Å². The van der Waals surface area contributed by atoms with E-state index in [9.17, 15) is 0 Å². The third kappa shape index (κ3) is 9.73. The lowest BCUT2D eigenvalue weighted by atomic mass is 9.98. The topological polar surface area (TPSA) is 96.1 Å². The van der Waals surface area contributed by atoms with Gasteiger partial charge in [-0.3, -0.25) is 0 Å². The van der Waals surface area contributed by atoms with E-state index in [-0.39, 0.29) is 0 Å². The number of hydrogen-bond acceptors (Lipinski definition) is 4. The molecule has 0 atom stereocenters. The first kappa shape index (κ1) is 28.5. The van der Waals surface area contributed by atoms with Gasteiger partial charge in [0.25, 0.3) is 0 Å². The third-order valence-electron chi connectivity index (χ3n) is 6.15. The summed E-state index contributed by atoms with van der Waals surface area (Å²) in [7, 11) is -4.94. The molecule has 0 saturated carbocycles. The molecule has 194 valence electrons. The number of benzene rings is 3. The lowest BCUT2D eigenvalue weighted by molar-refractivity contribution is -2.00. The zero-order valence-corrected chi connectivity index (χ0v) is 22.0. The van der Waals surface area contributed by atoms with E-state index in [2.05, 4.69) is 115 Å². The van der Waals surface area contributed by atoms with E-state index in [1.807, 2.05) is 0 Å². The van der Waals surface area contributed by atoms with Crippen LogP contribution in [0.3, 0.4) is 0 Å². The van der Waals surface area contributed by atoms with Crippen molar-refractivity contribution in [1.29, 1.82) is 0 Å².